The van der Waals surface area contributed by atoms with E-state index in [-0.39, 0.29) is 51.2 Å². The molecule has 1 aromatic heterocycles. The average molecular weight is 749 g/mol. The van der Waals surface area contributed by atoms with Gasteiger partial charge in [-0.1, -0.05) is 17.7 Å². The van der Waals surface area contributed by atoms with Gasteiger partial charge in [0.05, 0.1) is 11.6 Å². The van der Waals surface area contributed by atoms with E-state index >= 15 is 8.78 Å². The van der Waals surface area contributed by atoms with E-state index in [4.69, 9.17) is 21.3 Å². The number of rotatable bonds is 8. The summed E-state index contributed by atoms with van der Waals surface area (Å²) in [4.78, 5) is 14.2. The topological polar surface area (TPSA) is 103 Å². The highest BCUT2D eigenvalue weighted by Crippen LogP contribution is 2.67. The van der Waals surface area contributed by atoms with E-state index in [1.807, 2.05) is 0 Å². The fourth-order valence-electron chi connectivity index (χ4n) is 10.6. The maximum atomic E-state index is 17.3. The number of phenolic OH excluding ortho intramolecular Hbond substituents is 1. The highest BCUT2D eigenvalue weighted by molar-refractivity contribution is 7.93. The molecule has 0 radical (unpaired) electrons. The van der Waals surface area contributed by atoms with Gasteiger partial charge >= 0.3 is 6.01 Å². The molecule has 7 fully saturated rings. The van der Waals surface area contributed by atoms with Crippen LogP contribution < -0.4 is 15.0 Å². The molecule has 2 N–H and O–H groups in total. The lowest BCUT2D eigenvalue weighted by Gasteiger charge is -2.62. The van der Waals surface area contributed by atoms with Gasteiger partial charge in [0.25, 0.3) is 0 Å². The Balaban J connectivity index is 1.03. The van der Waals surface area contributed by atoms with Crippen LogP contribution >= 0.6 is 11.6 Å². The van der Waals surface area contributed by atoms with Crippen LogP contribution in [0.4, 0.5) is 14.6 Å². The zero-order chi connectivity index (χ0) is 35.5. The van der Waals surface area contributed by atoms with E-state index < -0.39 is 15.5 Å². The zero-order valence-corrected chi connectivity index (χ0v) is 30.8. The minimum Gasteiger partial charge on any atom is -0.508 e. The summed E-state index contributed by atoms with van der Waals surface area (Å²) in [5.74, 6) is 1.43. The summed E-state index contributed by atoms with van der Waals surface area (Å²) in [6, 6.07) is 9.20. The smallest absolute Gasteiger partial charge is 0.319 e. The second-order valence-corrected chi connectivity index (χ2v) is 19.2. The minimum atomic E-state index is -2.12. The van der Waals surface area contributed by atoms with Crippen molar-refractivity contribution in [2.75, 3.05) is 49.7 Å². The first-order chi connectivity index (χ1) is 25.1. The van der Waals surface area contributed by atoms with Gasteiger partial charge in [-0.2, -0.15) is 9.97 Å². The molecule has 4 saturated heterocycles. The van der Waals surface area contributed by atoms with Crippen LogP contribution in [-0.4, -0.2) is 93.1 Å². The summed E-state index contributed by atoms with van der Waals surface area (Å²) in [6.45, 7) is 2.58. The van der Waals surface area contributed by atoms with E-state index in [1.165, 1.54) is 12.1 Å². The van der Waals surface area contributed by atoms with Crippen molar-refractivity contribution in [3.05, 3.63) is 52.6 Å². The van der Waals surface area contributed by atoms with Crippen molar-refractivity contribution < 1.29 is 22.8 Å². The monoisotopic (exact) mass is 748 g/mol. The number of nitrogens with zero attached hydrogens (tertiary/aromatic N) is 5. The Morgan fingerprint density at radius 2 is 1.79 bits per heavy atom. The third-order valence-corrected chi connectivity index (χ3v) is 15.8. The van der Waals surface area contributed by atoms with E-state index in [1.54, 1.807) is 25.2 Å². The molecular formula is C39H43ClF2N6O3S. The summed E-state index contributed by atoms with van der Waals surface area (Å²) in [7, 11) is -0.444. The summed E-state index contributed by atoms with van der Waals surface area (Å²) >= 11 is 7.05. The van der Waals surface area contributed by atoms with Gasteiger partial charge in [0.15, 0.2) is 5.82 Å². The molecular weight excluding hydrogens is 706 g/mol. The number of hydrogen-bond acceptors (Lipinski definition) is 9. The molecule has 274 valence electrons. The van der Waals surface area contributed by atoms with Crippen molar-refractivity contribution in [2.24, 2.45) is 10.3 Å². The summed E-state index contributed by atoms with van der Waals surface area (Å²) < 4.78 is 56.7. The molecule has 3 aromatic carbocycles. The van der Waals surface area contributed by atoms with Crippen LogP contribution in [-0.2, 0) is 15.1 Å². The average Bonchev–Trinajstić information content (AvgIpc) is 3.55. The highest BCUT2D eigenvalue weighted by atomic mass is 35.5. The zero-order valence-electron chi connectivity index (χ0n) is 29.2. The SMILES string of the molecule is CN=S1(=O)CC2CCC(C1)N2CCCOc1nc(N2CC3CCC(C2)N3)c2cc(Cl)c(-c3cc(O)cc4ccc(F)c(C56CC(C5)C6)c34)c(F)c2n1. The Morgan fingerprint density at radius 3 is 2.46 bits per heavy atom. The predicted octanol–water partition coefficient (Wildman–Crippen LogP) is 6.79. The van der Waals surface area contributed by atoms with Crippen LogP contribution in [0.2, 0.25) is 5.02 Å². The van der Waals surface area contributed by atoms with Gasteiger partial charge in [-0.3, -0.25) is 4.90 Å². The van der Waals surface area contributed by atoms with E-state index in [2.05, 4.69) is 24.5 Å². The Hall–Kier alpha value is -3.32. The van der Waals surface area contributed by atoms with Crippen molar-refractivity contribution >= 4 is 48.8 Å². The number of benzene rings is 3. The standard InChI is InChI=1S/C39H43ClF2N6O3S/c1-43-52(50)19-25-6-7-26(20-52)48(25)9-2-10-51-38-45-36-29(37(46-38)47-17-23-4-5-24(18-47)44-23)13-30(40)33(35(36)42)28-12-27(49)11-22-3-8-31(41)34(32(22)28)39-14-21(15-39)16-39/h3,8,11-13,21,23-26,44,49H,2,4-7,9-10,14-20H2,1H3. The highest BCUT2D eigenvalue weighted by Gasteiger charge is 2.59. The summed E-state index contributed by atoms with van der Waals surface area (Å²) in [6.07, 6.45) is 7.66. The molecule has 4 atom stereocenters. The molecule has 0 spiro atoms. The van der Waals surface area contributed by atoms with Crippen molar-refractivity contribution in [3.63, 3.8) is 0 Å². The summed E-state index contributed by atoms with van der Waals surface area (Å²) in [5, 5.41) is 16.4. The fourth-order valence-corrected chi connectivity index (χ4v) is 13.2. The lowest BCUT2D eigenvalue weighted by Crippen LogP contribution is -2.55. The number of halogens is 3. The number of nitrogens with one attached hydrogen (secondary N) is 1. The van der Waals surface area contributed by atoms with Crippen molar-refractivity contribution in [3.8, 4) is 22.9 Å². The van der Waals surface area contributed by atoms with Gasteiger partial charge in [-0.25, -0.2) is 17.4 Å². The summed E-state index contributed by atoms with van der Waals surface area (Å²) in [5.41, 5.74) is 0.849. The van der Waals surface area contributed by atoms with Crippen LogP contribution in [0.5, 0.6) is 11.8 Å². The van der Waals surface area contributed by atoms with Gasteiger partial charge in [-0.05, 0) is 103 Å². The number of piperazine rings is 1. The molecule has 9 nitrogen and oxygen atoms in total. The lowest BCUT2D eigenvalue weighted by molar-refractivity contribution is -0.0287. The lowest BCUT2D eigenvalue weighted by atomic mass is 9.42. The quantitative estimate of drug-likeness (QED) is 0.190. The molecule has 3 saturated carbocycles. The molecule has 13 heteroatoms. The van der Waals surface area contributed by atoms with Gasteiger partial charge < -0.3 is 20.1 Å². The second kappa shape index (κ2) is 12.1. The third-order valence-electron chi connectivity index (χ3n) is 13.0. The van der Waals surface area contributed by atoms with Gasteiger partial charge in [0, 0.05) is 88.6 Å². The maximum Gasteiger partial charge on any atom is 0.319 e. The molecule has 52 heavy (non-hydrogen) atoms. The van der Waals surface area contributed by atoms with Crippen LogP contribution in [0.1, 0.15) is 56.9 Å². The van der Waals surface area contributed by atoms with E-state index in [0.29, 0.717) is 75.6 Å². The van der Waals surface area contributed by atoms with E-state index in [9.17, 15) is 9.32 Å². The van der Waals surface area contributed by atoms with Gasteiger partial charge in [0.1, 0.15) is 22.9 Å². The number of phenols is 1. The number of hydrogen-bond donors (Lipinski definition) is 2. The minimum absolute atomic E-state index is 0.0505. The normalized spacial score (nSPS) is 31.9. The van der Waals surface area contributed by atoms with Gasteiger partial charge in [-0.15, -0.1) is 0 Å². The van der Waals surface area contributed by atoms with Crippen molar-refractivity contribution in [2.45, 2.75) is 80.9 Å². The molecule has 4 aliphatic heterocycles. The van der Waals surface area contributed by atoms with Crippen LogP contribution in [0.25, 0.3) is 32.8 Å². The molecule has 5 heterocycles. The van der Waals surface area contributed by atoms with Crippen molar-refractivity contribution in [1.82, 2.24) is 20.2 Å². The van der Waals surface area contributed by atoms with E-state index in [0.717, 1.165) is 64.6 Å². The molecule has 4 aromatic rings. The Bertz CT molecular complexity index is 2230. The predicted molar refractivity (Wildman–Crippen MR) is 200 cm³/mol. The van der Waals surface area contributed by atoms with Crippen molar-refractivity contribution in [1.29, 1.82) is 0 Å². The molecule has 0 amide bonds. The largest absolute Gasteiger partial charge is 0.508 e. The second-order valence-electron chi connectivity index (χ2n) is 16.2. The molecule has 3 aliphatic carbocycles. The first kappa shape index (κ1) is 33.3. The van der Waals surface area contributed by atoms with Crippen LogP contribution in [0, 0.1) is 17.6 Å². The maximum absolute atomic E-state index is 17.3. The Kier molecular flexibility index (Phi) is 7.74. The molecule has 7 aliphatic rings. The van der Waals surface area contributed by atoms with Crippen LogP contribution in [0.15, 0.2) is 34.7 Å². The number of anilines is 1. The third kappa shape index (κ3) is 5.21. The Labute approximate surface area is 307 Å². The number of ether oxygens (including phenoxy) is 1. The Morgan fingerprint density at radius 1 is 1.06 bits per heavy atom. The molecule has 4 unspecified atom stereocenters. The molecule has 6 bridgehead atoms. The number of fused-ring (bicyclic) bond motifs is 6. The first-order valence-corrected chi connectivity index (χ1v) is 21.0. The van der Waals surface area contributed by atoms with Crippen LogP contribution in [0.3, 0.4) is 0 Å². The first-order valence-electron chi connectivity index (χ1n) is 18.8. The van der Waals surface area contributed by atoms with Gasteiger partial charge in [0.2, 0.25) is 0 Å². The molecule has 11 rings (SSSR count). The fraction of sp³-hybridized carbons (Fsp3) is 0.538. The number of aromatic hydroxyl groups is 1. The number of aromatic nitrogens is 2.